The maximum atomic E-state index is 13.9. The van der Waals surface area contributed by atoms with E-state index in [0.717, 1.165) is 28.7 Å². The van der Waals surface area contributed by atoms with Gasteiger partial charge in [0.1, 0.15) is 0 Å². The fraction of sp³-hybridized carbons (Fsp3) is 0.233. The Morgan fingerprint density at radius 1 is 1.05 bits per heavy atom. The molecule has 0 bridgehead atoms. The number of allylic oxidation sites excluding steroid dienone is 1. The van der Waals surface area contributed by atoms with Gasteiger partial charge in [0.15, 0.2) is 4.80 Å². The smallest absolute Gasteiger partial charge is 0.338 e. The van der Waals surface area contributed by atoms with Crippen LogP contribution in [0.25, 0.3) is 16.8 Å². The maximum Gasteiger partial charge on any atom is 0.338 e. The van der Waals surface area contributed by atoms with E-state index >= 15 is 0 Å². The standard InChI is InChI=1S/C30H28N2O3S2/c1-4-17-36-24-16-15-20(21-13-9-10-14-22(21)24)18-25-28(33)32-27(19-11-7-6-8-12-19)26(29(34)35-3)23(5-2)31-30(32)37-25/h6-16,18,27H,4-5,17H2,1-3H3/b25-18-/t27-/m0/s1. The van der Waals surface area contributed by atoms with E-state index in [0.29, 0.717) is 27.0 Å². The van der Waals surface area contributed by atoms with Gasteiger partial charge in [0, 0.05) is 4.90 Å². The molecular formula is C30H28N2O3S2. The molecule has 0 spiro atoms. The second-order valence-corrected chi connectivity index (χ2v) is 10.9. The average molecular weight is 529 g/mol. The molecule has 0 aliphatic carbocycles. The number of nitrogens with zero attached hydrogens (tertiary/aromatic N) is 2. The van der Waals surface area contributed by atoms with Crippen LogP contribution in [0, 0.1) is 0 Å². The Morgan fingerprint density at radius 3 is 2.49 bits per heavy atom. The molecule has 1 aliphatic heterocycles. The summed E-state index contributed by atoms with van der Waals surface area (Å²) in [6.07, 6.45) is 3.62. The fourth-order valence-corrected chi connectivity index (χ4v) is 6.65. The largest absolute Gasteiger partial charge is 0.466 e. The molecule has 1 atom stereocenters. The SMILES string of the molecule is CCCSc1ccc(/C=c2\sc3n(c2=O)[C@@H](c2ccccc2)C(C(=O)OC)=C(CC)N=3)c2ccccc12. The number of carbonyl (C=O) groups is 1. The van der Waals surface area contributed by atoms with E-state index in [1.54, 1.807) is 4.57 Å². The van der Waals surface area contributed by atoms with E-state index in [9.17, 15) is 9.59 Å². The summed E-state index contributed by atoms with van der Waals surface area (Å²) in [5.41, 5.74) is 2.73. The van der Waals surface area contributed by atoms with Crippen molar-refractivity contribution in [3.63, 3.8) is 0 Å². The molecule has 2 heterocycles. The molecule has 188 valence electrons. The molecular weight excluding hydrogens is 500 g/mol. The lowest BCUT2D eigenvalue weighted by molar-refractivity contribution is -0.136. The highest BCUT2D eigenvalue weighted by Crippen LogP contribution is 2.33. The molecule has 7 heteroatoms. The van der Waals surface area contributed by atoms with Crippen LogP contribution in [-0.2, 0) is 9.53 Å². The summed E-state index contributed by atoms with van der Waals surface area (Å²) in [6, 6.07) is 21.6. The lowest BCUT2D eigenvalue weighted by Crippen LogP contribution is -2.40. The summed E-state index contributed by atoms with van der Waals surface area (Å²) in [6.45, 7) is 4.14. The minimum Gasteiger partial charge on any atom is -0.466 e. The van der Waals surface area contributed by atoms with Crippen LogP contribution in [0.2, 0.25) is 0 Å². The zero-order valence-corrected chi connectivity index (χ0v) is 22.7. The number of carbonyl (C=O) groups excluding carboxylic acids is 1. The first-order valence-corrected chi connectivity index (χ1v) is 14.2. The quantitative estimate of drug-likeness (QED) is 0.236. The summed E-state index contributed by atoms with van der Waals surface area (Å²) >= 11 is 3.21. The zero-order chi connectivity index (χ0) is 25.9. The monoisotopic (exact) mass is 528 g/mol. The number of fused-ring (bicyclic) bond motifs is 2. The molecule has 0 fully saturated rings. The molecule has 0 saturated heterocycles. The summed E-state index contributed by atoms with van der Waals surface area (Å²) in [7, 11) is 1.36. The molecule has 0 saturated carbocycles. The number of rotatable bonds is 7. The number of thiazole rings is 1. The normalized spacial score (nSPS) is 15.5. The molecule has 0 N–H and O–H groups in total. The van der Waals surface area contributed by atoms with Crippen LogP contribution in [0.15, 0.2) is 92.7 Å². The summed E-state index contributed by atoms with van der Waals surface area (Å²) in [5, 5.41) is 2.30. The average Bonchev–Trinajstić information content (AvgIpc) is 3.25. The first kappa shape index (κ1) is 25.2. The molecule has 3 aromatic carbocycles. The summed E-state index contributed by atoms with van der Waals surface area (Å²) in [4.78, 5) is 33.4. The molecule has 0 unspecified atom stereocenters. The van der Waals surface area contributed by atoms with Crippen molar-refractivity contribution < 1.29 is 9.53 Å². The fourth-order valence-electron chi connectivity index (χ4n) is 4.71. The number of thioether (sulfide) groups is 1. The van der Waals surface area contributed by atoms with E-state index < -0.39 is 12.0 Å². The molecule has 1 aromatic heterocycles. The van der Waals surface area contributed by atoms with Gasteiger partial charge in [-0.15, -0.1) is 11.8 Å². The van der Waals surface area contributed by atoms with Crippen molar-refractivity contribution >= 4 is 45.9 Å². The van der Waals surface area contributed by atoms with Gasteiger partial charge in [-0.05, 0) is 52.6 Å². The first-order valence-electron chi connectivity index (χ1n) is 12.4. The second-order valence-electron chi connectivity index (χ2n) is 8.75. The van der Waals surface area contributed by atoms with Gasteiger partial charge in [-0.3, -0.25) is 9.36 Å². The van der Waals surface area contributed by atoms with Crippen molar-refractivity contribution in [2.24, 2.45) is 4.99 Å². The van der Waals surface area contributed by atoms with E-state index in [1.165, 1.54) is 28.7 Å². The molecule has 4 aromatic rings. The summed E-state index contributed by atoms with van der Waals surface area (Å²) < 4.78 is 7.37. The van der Waals surface area contributed by atoms with Gasteiger partial charge in [0.2, 0.25) is 0 Å². The van der Waals surface area contributed by atoms with Crippen LogP contribution in [0.5, 0.6) is 0 Å². The minimum atomic E-state index is -0.591. The lowest BCUT2D eigenvalue weighted by atomic mass is 9.95. The van der Waals surface area contributed by atoms with Crippen molar-refractivity contribution in [2.45, 2.75) is 37.6 Å². The Labute approximate surface area is 223 Å². The highest BCUT2D eigenvalue weighted by atomic mass is 32.2. The third kappa shape index (κ3) is 4.69. The molecule has 5 nitrogen and oxygen atoms in total. The highest BCUT2D eigenvalue weighted by molar-refractivity contribution is 7.99. The first-order chi connectivity index (χ1) is 18.1. The topological polar surface area (TPSA) is 60.7 Å². The van der Waals surface area contributed by atoms with E-state index in [4.69, 9.17) is 9.73 Å². The Kier molecular flexibility index (Phi) is 7.44. The van der Waals surface area contributed by atoms with Gasteiger partial charge >= 0.3 is 5.97 Å². The number of hydrogen-bond donors (Lipinski definition) is 0. The van der Waals surface area contributed by atoms with E-state index in [-0.39, 0.29) is 5.56 Å². The predicted octanol–water partition coefficient (Wildman–Crippen LogP) is 5.45. The number of ether oxygens (including phenoxy) is 1. The number of benzene rings is 3. The Balaban J connectivity index is 1.73. The minimum absolute atomic E-state index is 0.164. The van der Waals surface area contributed by atoms with Crippen molar-refractivity contribution in [1.82, 2.24) is 4.57 Å². The Morgan fingerprint density at radius 2 is 1.78 bits per heavy atom. The molecule has 0 radical (unpaired) electrons. The van der Waals surface area contributed by atoms with Crippen LogP contribution >= 0.6 is 23.1 Å². The predicted molar refractivity (Wildman–Crippen MR) is 152 cm³/mol. The van der Waals surface area contributed by atoms with E-state index in [2.05, 4.69) is 37.3 Å². The molecule has 37 heavy (non-hydrogen) atoms. The van der Waals surface area contributed by atoms with Gasteiger partial charge in [0.05, 0.1) is 29.0 Å². The third-order valence-corrected chi connectivity index (χ3v) is 8.69. The second kappa shape index (κ2) is 10.9. The zero-order valence-electron chi connectivity index (χ0n) is 21.1. The van der Waals surface area contributed by atoms with Gasteiger partial charge in [-0.25, -0.2) is 9.79 Å². The van der Waals surface area contributed by atoms with Gasteiger partial charge < -0.3 is 4.74 Å². The molecule has 1 aliphatic rings. The maximum absolute atomic E-state index is 13.9. The van der Waals surface area contributed by atoms with Crippen molar-refractivity contribution in [3.05, 3.63) is 109 Å². The van der Waals surface area contributed by atoms with Crippen LogP contribution in [0.3, 0.4) is 0 Å². The van der Waals surface area contributed by atoms with Gasteiger partial charge in [-0.2, -0.15) is 0 Å². The highest BCUT2D eigenvalue weighted by Gasteiger charge is 2.33. The number of esters is 1. The van der Waals surface area contributed by atoms with Crippen molar-refractivity contribution in [1.29, 1.82) is 0 Å². The number of hydrogen-bond acceptors (Lipinski definition) is 6. The van der Waals surface area contributed by atoms with Crippen molar-refractivity contribution in [2.75, 3.05) is 12.9 Å². The van der Waals surface area contributed by atoms with Gasteiger partial charge in [-0.1, -0.05) is 85.8 Å². The van der Waals surface area contributed by atoms with Crippen LogP contribution < -0.4 is 14.9 Å². The Hall–Kier alpha value is -3.42. The third-order valence-electron chi connectivity index (χ3n) is 6.43. The lowest BCUT2D eigenvalue weighted by Gasteiger charge is -2.25. The van der Waals surface area contributed by atoms with Crippen LogP contribution in [0.4, 0.5) is 0 Å². The van der Waals surface area contributed by atoms with Crippen molar-refractivity contribution in [3.8, 4) is 0 Å². The molecule has 0 amide bonds. The van der Waals surface area contributed by atoms with Crippen LogP contribution in [-0.4, -0.2) is 23.4 Å². The van der Waals surface area contributed by atoms with E-state index in [1.807, 2.05) is 61.2 Å². The summed E-state index contributed by atoms with van der Waals surface area (Å²) in [5.74, 6) is 0.596. The number of methoxy groups -OCH3 is 1. The van der Waals surface area contributed by atoms with Gasteiger partial charge in [0.25, 0.3) is 5.56 Å². The number of aromatic nitrogens is 1. The Bertz CT molecular complexity index is 1680. The molecule has 5 rings (SSSR count). The van der Waals surface area contributed by atoms with Crippen LogP contribution in [0.1, 0.15) is 43.9 Å².